The van der Waals surface area contributed by atoms with Crippen molar-refractivity contribution < 1.29 is 33.2 Å². The number of nitrogens with one attached hydrogen (secondary N) is 2. The summed E-state index contributed by atoms with van der Waals surface area (Å²) >= 11 is 0. The van der Waals surface area contributed by atoms with E-state index in [0.29, 0.717) is 69.3 Å². The average Bonchev–Trinajstić information content (AvgIpc) is 4.02. The molecule has 3 saturated heterocycles. The first-order valence-electron chi connectivity index (χ1n) is 21.3. The summed E-state index contributed by atoms with van der Waals surface area (Å²) in [5.41, 5.74) is 5.14. The topological polar surface area (TPSA) is 197 Å². The van der Waals surface area contributed by atoms with Crippen LogP contribution in [-0.4, -0.2) is 108 Å². The summed E-state index contributed by atoms with van der Waals surface area (Å²) in [6.45, 7) is 11.1. The van der Waals surface area contributed by atoms with E-state index in [2.05, 4.69) is 47.9 Å². The first kappa shape index (κ1) is 40.7. The van der Waals surface area contributed by atoms with E-state index in [-0.39, 0.29) is 41.3 Å². The van der Waals surface area contributed by atoms with Gasteiger partial charge in [0.1, 0.15) is 12.1 Å². The summed E-state index contributed by atoms with van der Waals surface area (Å²) in [6, 6.07) is 14.9. The minimum absolute atomic E-state index is 0.00345. The molecule has 1 aliphatic carbocycles. The molecule has 322 valence electrons. The Kier molecular flexibility index (Phi) is 10.5. The molecule has 2 N–H and O–H groups in total. The molecule has 5 amide bonds. The number of hydrogen-bond acceptors (Lipinski definition) is 12. The maximum atomic E-state index is 14.3. The first-order valence-corrected chi connectivity index (χ1v) is 21.3. The van der Waals surface area contributed by atoms with Crippen LogP contribution in [-0.2, 0) is 26.3 Å². The molecule has 0 radical (unpaired) electrons. The Bertz CT molecular complexity index is 2560. The van der Waals surface area contributed by atoms with Crippen LogP contribution in [0.4, 0.5) is 5.69 Å². The fraction of sp³-hybridized carbons (Fsp3) is 0.444. The lowest BCUT2D eigenvalue weighted by molar-refractivity contribution is -0.141. The molecule has 17 heteroatoms. The molecule has 4 fully saturated rings. The number of hydrogen-bond donors (Lipinski definition) is 2. The molecular weight excluding hydrogens is 793 g/mol. The Morgan fingerprint density at radius 1 is 0.984 bits per heavy atom. The van der Waals surface area contributed by atoms with Gasteiger partial charge in [0.05, 0.1) is 34.6 Å². The van der Waals surface area contributed by atoms with Crippen molar-refractivity contribution in [3.8, 4) is 17.0 Å². The van der Waals surface area contributed by atoms with Gasteiger partial charge in [-0.25, -0.2) is 9.50 Å². The van der Waals surface area contributed by atoms with Gasteiger partial charge in [0, 0.05) is 68.7 Å². The number of rotatable bonds is 9. The molecule has 0 bridgehead atoms. The number of imide groups is 1. The predicted octanol–water partition coefficient (Wildman–Crippen LogP) is 4.23. The number of carbonyl (C=O) groups is 5. The lowest BCUT2D eigenvalue weighted by Crippen LogP contribution is -2.60. The zero-order valence-electron chi connectivity index (χ0n) is 35.3. The minimum Gasteiger partial charge on any atom is -0.481 e. The predicted molar refractivity (Wildman–Crippen MR) is 225 cm³/mol. The summed E-state index contributed by atoms with van der Waals surface area (Å²) in [5, 5.41) is 13.5. The molecule has 2 aromatic carbocycles. The highest BCUT2D eigenvalue weighted by atomic mass is 16.5. The second-order valence-electron chi connectivity index (χ2n) is 17.8. The van der Waals surface area contributed by atoms with Crippen molar-refractivity contribution in [2.24, 2.45) is 5.92 Å². The molecule has 62 heavy (non-hydrogen) atoms. The summed E-state index contributed by atoms with van der Waals surface area (Å²) in [6.07, 6.45) is 6.49. The van der Waals surface area contributed by atoms with E-state index in [1.807, 2.05) is 60.3 Å². The van der Waals surface area contributed by atoms with Gasteiger partial charge >= 0.3 is 0 Å². The molecule has 3 aromatic heterocycles. The number of piperazine rings is 1. The number of aryl methyl sites for hydroxylation is 1. The van der Waals surface area contributed by atoms with Crippen molar-refractivity contribution in [3.63, 3.8) is 0 Å². The van der Waals surface area contributed by atoms with E-state index >= 15 is 0 Å². The van der Waals surface area contributed by atoms with Gasteiger partial charge in [-0.3, -0.25) is 29.3 Å². The van der Waals surface area contributed by atoms with Gasteiger partial charge in [0.25, 0.3) is 23.5 Å². The van der Waals surface area contributed by atoms with Crippen LogP contribution < -0.4 is 20.3 Å². The molecule has 17 nitrogen and oxygen atoms in total. The summed E-state index contributed by atoms with van der Waals surface area (Å²) in [4.78, 5) is 79.7. The second-order valence-corrected chi connectivity index (χ2v) is 17.8. The second kappa shape index (κ2) is 16.0. The van der Waals surface area contributed by atoms with Crippen LogP contribution in [0.5, 0.6) is 5.75 Å². The fourth-order valence-corrected chi connectivity index (χ4v) is 9.17. The molecule has 5 aromatic rings. The number of aromatic nitrogens is 5. The third-order valence-electron chi connectivity index (χ3n) is 12.8. The molecular formula is C45H50N10O7. The van der Waals surface area contributed by atoms with Crippen LogP contribution in [0.3, 0.4) is 0 Å². The highest BCUT2D eigenvalue weighted by Crippen LogP contribution is 2.50. The van der Waals surface area contributed by atoms with Crippen molar-refractivity contribution in [1.29, 1.82) is 0 Å². The van der Waals surface area contributed by atoms with Gasteiger partial charge in [-0.15, -0.1) is 0 Å². The van der Waals surface area contributed by atoms with Crippen LogP contribution in [0.1, 0.15) is 97.3 Å². The van der Waals surface area contributed by atoms with Crippen molar-refractivity contribution in [1.82, 2.24) is 45.2 Å². The van der Waals surface area contributed by atoms with Gasteiger partial charge in [0.2, 0.25) is 17.7 Å². The molecule has 2 unspecified atom stereocenters. The largest absolute Gasteiger partial charge is 0.481 e. The third-order valence-corrected chi connectivity index (χ3v) is 12.8. The number of nitrogens with zero attached hydrogens (tertiary/aromatic N) is 8. The van der Waals surface area contributed by atoms with E-state index in [0.717, 1.165) is 52.9 Å². The Morgan fingerprint density at radius 2 is 1.76 bits per heavy atom. The number of benzene rings is 2. The SMILES string of the molecule is Cc1cc(-c2ncnn3cc(N4CCN(C(=O)C5CCN(C(=O)c6ccc(OC7CCC(=O)NC7=O)cc6)C56CCC6)CC4)cc23)ccc1CNC(=O)c1noc(C(C)(C)C)n1. The molecule has 3 aliphatic heterocycles. The van der Waals surface area contributed by atoms with Crippen LogP contribution >= 0.6 is 0 Å². The molecule has 6 heterocycles. The van der Waals surface area contributed by atoms with Crippen LogP contribution in [0.2, 0.25) is 0 Å². The van der Waals surface area contributed by atoms with E-state index in [1.54, 1.807) is 30.6 Å². The van der Waals surface area contributed by atoms with Gasteiger partial charge < -0.3 is 29.3 Å². The Labute approximate surface area is 358 Å². The molecule has 1 spiro atoms. The molecule has 4 aliphatic rings. The van der Waals surface area contributed by atoms with Crippen LogP contribution in [0.15, 0.2) is 65.6 Å². The summed E-state index contributed by atoms with van der Waals surface area (Å²) < 4.78 is 12.9. The number of ether oxygens (including phenoxy) is 1. The van der Waals surface area contributed by atoms with Gasteiger partial charge in [-0.05, 0) is 80.1 Å². The average molecular weight is 843 g/mol. The number of amides is 5. The Hall–Kier alpha value is -6.65. The zero-order chi connectivity index (χ0) is 43.3. The number of carbonyl (C=O) groups excluding carboxylic acids is 5. The quantitative estimate of drug-likeness (QED) is 0.201. The van der Waals surface area contributed by atoms with Crippen molar-refractivity contribution in [2.45, 2.75) is 89.8 Å². The highest BCUT2D eigenvalue weighted by molar-refractivity contribution is 6.00. The van der Waals surface area contributed by atoms with Gasteiger partial charge in [0.15, 0.2) is 6.10 Å². The maximum absolute atomic E-state index is 14.3. The van der Waals surface area contributed by atoms with Crippen molar-refractivity contribution in [3.05, 3.63) is 89.5 Å². The zero-order valence-corrected chi connectivity index (χ0v) is 35.3. The monoisotopic (exact) mass is 842 g/mol. The summed E-state index contributed by atoms with van der Waals surface area (Å²) in [5.74, 6) is -0.562. The van der Waals surface area contributed by atoms with Gasteiger partial charge in [-0.1, -0.05) is 38.1 Å². The van der Waals surface area contributed by atoms with Crippen LogP contribution in [0, 0.1) is 12.8 Å². The number of piperidine rings is 1. The molecule has 1 saturated carbocycles. The Balaban J connectivity index is 0.815. The van der Waals surface area contributed by atoms with E-state index in [4.69, 9.17) is 9.26 Å². The lowest BCUT2D eigenvalue weighted by Gasteiger charge is -2.50. The van der Waals surface area contributed by atoms with Gasteiger partial charge in [-0.2, -0.15) is 10.1 Å². The lowest BCUT2D eigenvalue weighted by atomic mass is 9.68. The van der Waals surface area contributed by atoms with Crippen LogP contribution in [0.25, 0.3) is 16.8 Å². The van der Waals surface area contributed by atoms with E-state index < -0.39 is 23.5 Å². The number of anilines is 1. The van der Waals surface area contributed by atoms with E-state index in [9.17, 15) is 24.0 Å². The highest BCUT2D eigenvalue weighted by Gasteiger charge is 2.57. The normalized spacial score (nSPS) is 20.0. The standard InChI is InChI=1S/C45H50N10O7/c1-27-22-29(6-7-30(27)24-46-40(58)38-50-43(62-51-38)44(2,3)4)37-34-23-31(25-55(34)48-26-47-37)52-18-20-53(21-19-52)42(60)33-14-17-54(45(33)15-5-16-45)41(59)28-8-10-32(11-9-28)61-35-12-13-36(56)49-39(35)57/h6-11,22-23,25-26,33,35H,5,12-21,24H2,1-4H3,(H,46,58)(H,49,56,57). The smallest absolute Gasteiger partial charge is 0.292 e. The fourth-order valence-electron chi connectivity index (χ4n) is 9.17. The maximum Gasteiger partial charge on any atom is 0.292 e. The van der Waals surface area contributed by atoms with Crippen molar-refractivity contribution >= 4 is 40.7 Å². The Morgan fingerprint density at radius 3 is 2.44 bits per heavy atom. The summed E-state index contributed by atoms with van der Waals surface area (Å²) in [7, 11) is 0. The number of fused-ring (bicyclic) bond motifs is 1. The van der Waals surface area contributed by atoms with E-state index in [1.165, 1.54) is 0 Å². The van der Waals surface area contributed by atoms with Crippen molar-refractivity contribution in [2.75, 3.05) is 37.6 Å². The minimum atomic E-state index is -0.756. The molecule has 9 rings (SSSR count). The third kappa shape index (κ3) is 7.64. The molecule has 2 atom stereocenters. The number of likely N-dealkylation sites (tertiary alicyclic amines) is 1. The first-order chi connectivity index (χ1) is 29.8.